The molecule has 0 bridgehead atoms. The Bertz CT molecular complexity index is 387. The molecule has 1 rings (SSSR count). The van der Waals surface area contributed by atoms with Gasteiger partial charge in [0.15, 0.2) is 0 Å². The predicted octanol–water partition coefficient (Wildman–Crippen LogP) is 5.03. The maximum absolute atomic E-state index is 11.5. The molecule has 0 radical (unpaired) electrons. The second-order valence-corrected chi connectivity index (χ2v) is 9.59. The van der Waals surface area contributed by atoms with E-state index >= 15 is 0 Å². The topological polar surface area (TPSA) is 48.0 Å². The van der Waals surface area contributed by atoms with Crippen molar-refractivity contribution in [3.8, 4) is 0 Å². The Morgan fingerprint density at radius 3 is 2.59 bits per heavy atom. The van der Waals surface area contributed by atoms with Crippen LogP contribution in [-0.2, 0) is 19.0 Å². The molecular formula is C20H37I2NO4. The van der Waals surface area contributed by atoms with Crippen LogP contribution in [0.5, 0.6) is 0 Å². The quantitative estimate of drug-likeness (QED) is 0.0762. The van der Waals surface area contributed by atoms with Crippen LogP contribution in [0.4, 0.5) is 0 Å². The molecular weight excluding hydrogens is 572 g/mol. The van der Waals surface area contributed by atoms with Crippen molar-refractivity contribution in [1.82, 2.24) is 3.11 Å². The molecule has 5 nitrogen and oxygen atoms in total. The number of rotatable bonds is 17. The Hall–Kier alpha value is 0.810. The fourth-order valence-corrected chi connectivity index (χ4v) is 4.82. The van der Waals surface area contributed by atoms with E-state index in [2.05, 4.69) is 48.6 Å². The number of methoxy groups -OCH3 is 1. The van der Waals surface area contributed by atoms with Gasteiger partial charge in [0.1, 0.15) is 0 Å². The summed E-state index contributed by atoms with van der Waals surface area (Å²) in [4.78, 5) is 11.5. The number of alkyl halides is 1. The highest BCUT2D eigenvalue weighted by Crippen LogP contribution is 2.39. The largest absolute Gasteiger partial charge is 0.466 e. The second kappa shape index (κ2) is 16.6. The average molecular weight is 609 g/mol. The van der Waals surface area contributed by atoms with Crippen molar-refractivity contribution in [3.63, 3.8) is 0 Å². The van der Waals surface area contributed by atoms with Gasteiger partial charge in [-0.25, -0.2) is 3.11 Å². The van der Waals surface area contributed by atoms with E-state index in [1.807, 2.05) is 6.92 Å². The molecule has 0 N–H and O–H groups in total. The Kier molecular flexibility index (Phi) is 15.9. The van der Waals surface area contributed by atoms with Gasteiger partial charge in [-0.3, -0.25) is 4.79 Å². The fraction of sp³-hybridized carbons (Fsp3) is 0.950. The minimum Gasteiger partial charge on any atom is -0.466 e. The number of nitrogens with zero attached hydrogens (tertiary/aromatic N) is 1. The molecule has 0 aromatic heterocycles. The van der Waals surface area contributed by atoms with Crippen LogP contribution in [0.3, 0.4) is 0 Å². The summed E-state index contributed by atoms with van der Waals surface area (Å²) in [6.45, 7) is 5.78. The molecule has 160 valence electrons. The maximum atomic E-state index is 11.5. The minimum atomic E-state index is -0.0733. The molecule has 27 heavy (non-hydrogen) atoms. The summed E-state index contributed by atoms with van der Waals surface area (Å²) in [5, 5.41) is 0. The normalized spacial score (nSPS) is 20.5. The van der Waals surface area contributed by atoms with Gasteiger partial charge in [-0.05, 0) is 68.1 Å². The lowest BCUT2D eigenvalue weighted by molar-refractivity contribution is -0.143. The van der Waals surface area contributed by atoms with E-state index < -0.39 is 0 Å². The molecule has 0 aliphatic heterocycles. The average Bonchev–Trinajstić information content (AvgIpc) is 2.63. The van der Waals surface area contributed by atoms with Crippen LogP contribution in [0.15, 0.2) is 0 Å². The van der Waals surface area contributed by atoms with Crippen LogP contribution in [-0.4, -0.2) is 59.6 Å². The summed E-state index contributed by atoms with van der Waals surface area (Å²) in [5.74, 6) is 1.43. The monoisotopic (exact) mass is 609 g/mol. The van der Waals surface area contributed by atoms with Gasteiger partial charge in [-0.2, -0.15) is 0 Å². The van der Waals surface area contributed by atoms with Crippen LogP contribution in [0.1, 0.15) is 58.3 Å². The van der Waals surface area contributed by atoms with Crippen LogP contribution in [0.2, 0.25) is 0 Å². The summed E-state index contributed by atoms with van der Waals surface area (Å²) < 4.78 is 19.6. The third kappa shape index (κ3) is 11.5. The Balaban J connectivity index is 2.34. The van der Waals surface area contributed by atoms with E-state index in [9.17, 15) is 4.79 Å². The molecule has 1 saturated carbocycles. The number of carbonyl (C=O) groups excluding carboxylic acids is 1. The number of hydrogen-bond acceptors (Lipinski definition) is 5. The molecule has 7 heteroatoms. The maximum Gasteiger partial charge on any atom is 0.305 e. The zero-order chi connectivity index (χ0) is 19.9. The molecule has 0 saturated heterocycles. The Labute approximate surface area is 193 Å². The first-order chi connectivity index (χ1) is 13.1. The van der Waals surface area contributed by atoms with E-state index in [1.165, 1.54) is 36.5 Å². The van der Waals surface area contributed by atoms with E-state index in [0.717, 1.165) is 51.0 Å². The predicted molar refractivity (Wildman–Crippen MR) is 127 cm³/mol. The van der Waals surface area contributed by atoms with Crippen LogP contribution in [0.25, 0.3) is 0 Å². The number of hydrogen-bond donors (Lipinski definition) is 0. The molecule has 3 atom stereocenters. The highest BCUT2D eigenvalue weighted by molar-refractivity contribution is 14.1. The van der Waals surface area contributed by atoms with Gasteiger partial charge >= 0.3 is 5.97 Å². The zero-order valence-electron chi connectivity index (χ0n) is 17.0. The SMILES string of the molecule is CCOC(=O)CCCN(I)C(CCCI)C[C@H]1CCC1COCCCOC. The van der Waals surface area contributed by atoms with Gasteiger partial charge in [-0.15, -0.1) is 0 Å². The van der Waals surface area contributed by atoms with Crippen molar-refractivity contribution < 1.29 is 19.0 Å². The molecule has 1 aliphatic carbocycles. The molecule has 0 heterocycles. The first-order valence-electron chi connectivity index (χ1n) is 10.3. The van der Waals surface area contributed by atoms with Crippen molar-refractivity contribution in [3.05, 3.63) is 0 Å². The van der Waals surface area contributed by atoms with E-state index in [4.69, 9.17) is 14.2 Å². The third-order valence-corrected chi connectivity index (χ3v) is 7.28. The Morgan fingerprint density at radius 1 is 1.19 bits per heavy atom. The number of ether oxygens (including phenoxy) is 3. The van der Waals surface area contributed by atoms with Crippen LogP contribution in [0, 0.1) is 11.8 Å². The van der Waals surface area contributed by atoms with Crippen molar-refractivity contribution in [2.75, 3.05) is 44.5 Å². The van der Waals surface area contributed by atoms with E-state index in [-0.39, 0.29) is 5.97 Å². The highest BCUT2D eigenvalue weighted by Gasteiger charge is 2.33. The second-order valence-electron chi connectivity index (χ2n) is 7.27. The lowest BCUT2D eigenvalue weighted by Crippen LogP contribution is -2.37. The molecule has 0 aromatic carbocycles. The summed E-state index contributed by atoms with van der Waals surface area (Å²) in [7, 11) is 1.74. The van der Waals surface area contributed by atoms with Gasteiger partial charge in [0.2, 0.25) is 0 Å². The zero-order valence-corrected chi connectivity index (χ0v) is 21.3. The van der Waals surface area contributed by atoms with Crippen LogP contribution < -0.4 is 0 Å². The Morgan fingerprint density at radius 2 is 1.96 bits per heavy atom. The lowest BCUT2D eigenvalue weighted by Gasteiger charge is -2.40. The summed E-state index contributed by atoms with van der Waals surface area (Å²) in [5.41, 5.74) is 0. The molecule has 2 unspecified atom stereocenters. The third-order valence-electron chi connectivity index (χ3n) is 5.24. The number of carbonyl (C=O) groups is 1. The van der Waals surface area contributed by atoms with Crippen molar-refractivity contribution >= 4 is 51.4 Å². The number of halogens is 2. The first kappa shape index (κ1) is 25.8. The van der Waals surface area contributed by atoms with Gasteiger partial charge in [-0.1, -0.05) is 22.6 Å². The highest BCUT2D eigenvalue weighted by atomic mass is 127. The summed E-state index contributed by atoms with van der Waals surface area (Å²) in [6, 6.07) is 0.601. The standard InChI is InChI=1S/C20H37I2NO4/c1-3-27-20(24)8-5-12-23(22)19(7-4-11-21)15-17-9-10-18(17)16-26-14-6-13-25-2/h17-19H,3-16H2,1-2H3/t17-,18?,19?/m1/s1. The number of esters is 1. The van der Waals surface area contributed by atoms with Crippen molar-refractivity contribution in [1.29, 1.82) is 0 Å². The van der Waals surface area contributed by atoms with E-state index in [1.54, 1.807) is 7.11 Å². The molecule has 1 aliphatic rings. The lowest BCUT2D eigenvalue weighted by atomic mass is 9.70. The minimum absolute atomic E-state index is 0.0733. The summed E-state index contributed by atoms with van der Waals surface area (Å²) in [6.07, 6.45) is 8.76. The molecule has 1 fully saturated rings. The van der Waals surface area contributed by atoms with Crippen LogP contribution >= 0.6 is 45.5 Å². The van der Waals surface area contributed by atoms with E-state index in [0.29, 0.717) is 19.1 Å². The van der Waals surface area contributed by atoms with Gasteiger partial charge in [0.25, 0.3) is 0 Å². The molecule has 0 aromatic rings. The van der Waals surface area contributed by atoms with Gasteiger partial charge < -0.3 is 14.2 Å². The molecule has 0 spiro atoms. The first-order valence-corrected chi connectivity index (χ1v) is 12.8. The van der Waals surface area contributed by atoms with Crippen molar-refractivity contribution in [2.24, 2.45) is 11.8 Å². The van der Waals surface area contributed by atoms with Crippen molar-refractivity contribution in [2.45, 2.75) is 64.3 Å². The van der Waals surface area contributed by atoms with Gasteiger partial charge in [0, 0.05) is 68.8 Å². The summed E-state index contributed by atoms with van der Waals surface area (Å²) >= 11 is 4.94. The van der Waals surface area contributed by atoms with Gasteiger partial charge in [0.05, 0.1) is 6.61 Å². The molecule has 0 amide bonds. The smallest absolute Gasteiger partial charge is 0.305 e. The fourth-order valence-electron chi connectivity index (χ4n) is 3.53.